The predicted molar refractivity (Wildman–Crippen MR) is 71.5 cm³/mol. The van der Waals surface area contributed by atoms with Crippen LogP contribution in [0.5, 0.6) is 0 Å². The van der Waals surface area contributed by atoms with Crippen molar-refractivity contribution in [1.82, 2.24) is 0 Å². The molecule has 0 radical (unpaired) electrons. The van der Waals surface area contributed by atoms with E-state index in [1.54, 1.807) is 17.4 Å². The zero-order chi connectivity index (χ0) is 11.7. The summed E-state index contributed by atoms with van der Waals surface area (Å²) in [5, 5.41) is 3.28. The maximum Gasteiger partial charge on any atom is 0.0663 e. The lowest BCUT2D eigenvalue weighted by Gasteiger charge is -2.13. The Balaban J connectivity index is 2.41. The van der Waals surface area contributed by atoms with Gasteiger partial charge in [0.25, 0.3) is 0 Å². The molecule has 1 nitrogen and oxygen atoms in total. The third kappa shape index (κ3) is 2.25. The first-order valence-electron chi connectivity index (χ1n) is 4.84. The van der Waals surface area contributed by atoms with Crippen molar-refractivity contribution in [2.45, 2.75) is 13.0 Å². The minimum atomic E-state index is -0.176. The Bertz CT molecular complexity index is 507. The average molecular weight is 272 g/mol. The smallest absolute Gasteiger partial charge is 0.0663 e. The van der Waals surface area contributed by atoms with E-state index in [1.165, 1.54) is 5.56 Å². The van der Waals surface area contributed by atoms with Gasteiger partial charge >= 0.3 is 0 Å². The van der Waals surface area contributed by atoms with Gasteiger partial charge in [-0.05, 0) is 41.6 Å². The van der Waals surface area contributed by atoms with Crippen LogP contribution in [-0.2, 0) is 0 Å². The molecular formula is C12H11Cl2NS. The minimum absolute atomic E-state index is 0.176. The van der Waals surface area contributed by atoms with Gasteiger partial charge in [-0.15, -0.1) is 11.3 Å². The average Bonchev–Trinajstić information content (AvgIpc) is 2.63. The topological polar surface area (TPSA) is 26.0 Å². The van der Waals surface area contributed by atoms with E-state index in [2.05, 4.69) is 13.0 Å². The summed E-state index contributed by atoms with van der Waals surface area (Å²) in [6.07, 6.45) is 0. The number of rotatable bonds is 2. The lowest BCUT2D eigenvalue weighted by molar-refractivity contribution is 0.885. The Hall–Kier alpha value is -0.540. The van der Waals surface area contributed by atoms with Crippen molar-refractivity contribution in [3.05, 3.63) is 55.7 Å². The number of hydrogen-bond acceptors (Lipinski definition) is 2. The fourth-order valence-corrected chi connectivity index (χ4v) is 3.07. The molecule has 0 aliphatic rings. The molecule has 16 heavy (non-hydrogen) atoms. The highest BCUT2D eigenvalue weighted by atomic mass is 35.5. The molecule has 0 amide bonds. The molecule has 1 aromatic carbocycles. The van der Waals surface area contributed by atoms with Crippen LogP contribution in [0, 0.1) is 6.92 Å². The summed E-state index contributed by atoms with van der Waals surface area (Å²) < 4.78 is 0. The molecule has 1 aromatic heterocycles. The summed E-state index contributed by atoms with van der Waals surface area (Å²) in [5.41, 5.74) is 8.31. The summed E-state index contributed by atoms with van der Waals surface area (Å²) in [6.45, 7) is 2.05. The molecule has 4 heteroatoms. The molecule has 1 unspecified atom stereocenters. The Kier molecular flexibility index (Phi) is 3.55. The van der Waals surface area contributed by atoms with E-state index < -0.39 is 0 Å². The maximum absolute atomic E-state index is 6.20. The molecule has 0 saturated heterocycles. The van der Waals surface area contributed by atoms with Crippen molar-refractivity contribution in [2.75, 3.05) is 0 Å². The Morgan fingerprint density at radius 3 is 2.56 bits per heavy atom. The summed E-state index contributed by atoms with van der Waals surface area (Å²) in [7, 11) is 0. The van der Waals surface area contributed by atoms with Crippen LogP contribution in [0.1, 0.15) is 22.0 Å². The maximum atomic E-state index is 6.20. The predicted octanol–water partition coefficient (Wildman–Crippen LogP) is 4.41. The lowest BCUT2D eigenvalue weighted by atomic mass is 10.0. The first kappa shape index (κ1) is 11.9. The van der Waals surface area contributed by atoms with Crippen LogP contribution in [0.4, 0.5) is 0 Å². The molecule has 0 bridgehead atoms. The van der Waals surface area contributed by atoms with Gasteiger partial charge in [0.2, 0.25) is 0 Å². The lowest BCUT2D eigenvalue weighted by Crippen LogP contribution is -2.11. The van der Waals surface area contributed by atoms with Gasteiger partial charge in [-0.25, -0.2) is 0 Å². The second kappa shape index (κ2) is 4.76. The number of thiophene rings is 1. The van der Waals surface area contributed by atoms with Crippen LogP contribution >= 0.6 is 34.5 Å². The van der Waals surface area contributed by atoms with Crippen LogP contribution in [-0.4, -0.2) is 0 Å². The van der Waals surface area contributed by atoms with Crippen molar-refractivity contribution < 1.29 is 0 Å². The number of halogens is 2. The molecule has 1 heterocycles. The highest BCUT2D eigenvalue weighted by molar-refractivity contribution is 7.10. The normalized spacial score (nSPS) is 12.8. The van der Waals surface area contributed by atoms with Crippen LogP contribution in [0.2, 0.25) is 10.0 Å². The summed E-state index contributed by atoms with van der Waals surface area (Å²) in [5.74, 6) is 0. The molecular weight excluding hydrogens is 261 g/mol. The quantitative estimate of drug-likeness (QED) is 0.860. The van der Waals surface area contributed by atoms with E-state index >= 15 is 0 Å². The van der Waals surface area contributed by atoms with Crippen LogP contribution in [0.25, 0.3) is 0 Å². The van der Waals surface area contributed by atoms with E-state index in [4.69, 9.17) is 28.9 Å². The molecule has 2 N–H and O–H groups in total. The highest BCUT2D eigenvalue weighted by Crippen LogP contribution is 2.32. The summed E-state index contributed by atoms with van der Waals surface area (Å²) >= 11 is 13.6. The third-order valence-corrected chi connectivity index (χ3v) is 4.15. The summed E-state index contributed by atoms with van der Waals surface area (Å²) in [4.78, 5) is 1.14. The zero-order valence-electron chi connectivity index (χ0n) is 8.71. The molecule has 0 spiro atoms. The largest absolute Gasteiger partial charge is 0.320 e. The Morgan fingerprint density at radius 2 is 2.00 bits per heavy atom. The van der Waals surface area contributed by atoms with E-state index in [9.17, 15) is 0 Å². The van der Waals surface area contributed by atoms with E-state index in [1.807, 2.05) is 17.5 Å². The van der Waals surface area contributed by atoms with Crippen molar-refractivity contribution in [3.63, 3.8) is 0 Å². The standard InChI is InChI=1S/C12H11Cl2NS/c1-7-4-5-16-12(7)11(15)9-3-2-8(13)6-10(9)14/h2-6,11H,15H2,1H3. The van der Waals surface area contributed by atoms with Gasteiger partial charge in [0.05, 0.1) is 6.04 Å². The summed E-state index contributed by atoms with van der Waals surface area (Å²) in [6, 6.07) is 7.30. The van der Waals surface area contributed by atoms with Gasteiger partial charge in [0, 0.05) is 14.9 Å². The second-order valence-electron chi connectivity index (χ2n) is 3.61. The molecule has 2 aromatic rings. The van der Waals surface area contributed by atoms with Gasteiger partial charge in [-0.3, -0.25) is 0 Å². The fourth-order valence-electron chi connectivity index (χ4n) is 1.60. The minimum Gasteiger partial charge on any atom is -0.320 e. The molecule has 0 aliphatic carbocycles. The second-order valence-corrected chi connectivity index (χ2v) is 5.40. The van der Waals surface area contributed by atoms with Gasteiger partial charge in [-0.2, -0.15) is 0 Å². The molecule has 84 valence electrons. The van der Waals surface area contributed by atoms with Crippen molar-refractivity contribution in [1.29, 1.82) is 0 Å². The van der Waals surface area contributed by atoms with Gasteiger partial charge in [0.1, 0.15) is 0 Å². The monoisotopic (exact) mass is 271 g/mol. The van der Waals surface area contributed by atoms with Gasteiger partial charge < -0.3 is 5.73 Å². The number of hydrogen-bond donors (Lipinski definition) is 1. The number of benzene rings is 1. The number of aryl methyl sites for hydroxylation is 1. The molecule has 0 saturated carbocycles. The van der Waals surface area contributed by atoms with Gasteiger partial charge in [0.15, 0.2) is 0 Å². The van der Waals surface area contributed by atoms with Crippen LogP contribution < -0.4 is 5.73 Å². The van der Waals surface area contributed by atoms with Crippen molar-refractivity contribution >= 4 is 34.5 Å². The third-order valence-electron chi connectivity index (χ3n) is 2.48. The van der Waals surface area contributed by atoms with Crippen molar-refractivity contribution in [2.24, 2.45) is 5.73 Å². The van der Waals surface area contributed by atoms with E-state index in [0.717, 1.165) is 10.4 Å². The molecule has 0 aliphatic heterocycles. The zero-order valence-corrected chi connectivity index (χ0v) is 11.0. The SMILES string of the molecule is Cc1ccsc1C(N)c1ccc(Cl)cc1Cl. The highest BCUT2D eigenvalue weighted by Gasteiger charge is 2.15. The molecule has 0 fully saturated rings. The fraction of sp³-hybridized carbons (Fsp3) is 0.167. The van der Waals surface area contributed by atoms with E-state index in [0.29, 0.717) is 10.0 Å². The van der Waals surface area contributed by atoms with Crippen LogP contribution in [0.15, 0.2) is 29.6 Å². The van der Waals surface area contributed by atoms with Crippen LogP contribution in [0.3, 0.4) is 0 Å². The number of nitrogens with two attached hydrogens (primary N) is 1. The Morgan fingerprint density at radius 1 is 1.25 bits per heavy atom. The Labute approximate surface area is 109 Å². The first-order valence-corrected chi connectivity index (χ1v) is 6.47. The molecule has 2 rings (SSSR count). The van der Waals surface area contributed by atoms with E-state index in [-0.39, 0.29) is 6.04 Å². The molecule has 1 atom stereocenters. The first-order chi connectivity index (χ1) is 7.59. The van der Waals surface area contributed by atoms with Gasteiger partial charge in [-0.1, -0.05) is 29.3 Å². The van der Waals surface area contributed by atoms with Crippen molar-refractivity contribution in [3.8, 4) is 0 Å².